The standard InChI is InChI=1S/C18H29N3/c1-3-20(4-2)16-7-9-17(10-8-16)21-14-13-19-18(15-21)11-5-6-12-18/h7-10,19H,3-6,11-15H2,1-2H3. The maximum atomic E-state index is 3.79. The van der Waals surface area contributed by atoms with E-state index in [1.807, 2.05) is 0 Å². The molecule has 3 nitrogen and oxygen atoms in total. The molecule has 1 saturated carbocycles. The van der Waals surface area contributed by atoms with Gasteiger partial charge in [0.05, 0.1) is 0 Å². The third-order valence-electron chi connectivity index (χ3n) is 5.28. The summed E-state index contributed by atoms with van der Waals surface area (Å²) in [5.74, 6) is 0. The zero-order valence-corrected chi connectivity index (χ0v) is 13.6. The normalized spacial score (nSPS) is 21.0. The fourth-order valence-electron chi connectivity index (χ4n) is 4.03. The van der Waals surface area contributed by atoms with Gasteiger partial charge in [-0.1, -0.05) is 12.8 Å². The SMILES string of the molecule is CCN(CC)c1ccc(N2CCNC3(CCCC3)C2)cc1. The summed E-state index contributed by atoms with van der Waals surface area (Å²) in [5, 5.41) is 3.79. The van der Waals surface area contributed by atoms with Crippen molar-refractivity contribution in [2.75, 3.05) is 42.5 Å². The molecule has 1 spiro atoms. The molecule has 21 heavy (non-hydrogen) atoms. The predicted octanol–water partition coefficient (Wildman–Crippen LogP) is 3.26. The molecular weight excluding hydrogens is 258 g/mol. The van der Waals surface area contributed by atoms with Gasteiger partial charge in [-0.3, -0.25) is 0 Å². The molecule has 3 heteroatoms. The molecule has 0 atom stereocenters. The first-order valence-electron chi connectivity index (χ1n) is 8.61. The molecule has 1 aliphatic carbocycles. The first-order valence-corrected chi connectivity index (χ1v) is 8.61. The maximum Gasteiger partial charge on any atom is 0.0368 e. The fourth-order valence-corrected chi connectivity index (χ4v) is 4.03. The molecule has 0 amide bonds. The van der Waals surface area contributed by atoms with E-state index >= 15 is 0 Å². The van der Waals surface area contributed by atoms with Gasteiger partial charge in [0.25, 0.3) is 0 Å². The van der Waals surface area contributed by atoms with Gasteiger partial charge in [0.15, 0.2) is 0 Å². The average Bonchev–Trinajstić information content (AvgIpc) is 2.97. The molecule has 0 aromatic heterocycles. The van der Waals surface area contributed by atoms with Crippen LogP contribution in [-0.4, -0.2) is 38.3 Å². The van der Waals surface area contributed by atoms with E-state index in [1.165, 1.54) is 43.6 Å². The molecular formula is C18H29N3. The molecule has 2 aliphatic rings. The lowest BCUT2D eigenvalue weighted by molar-refractivity contribution is 0.304. The highest BCUT2D eigenvalue weighted by Crippen LogP contribution is 2.33. The zero-order valence-electron chi connectivity index (χ0n) is 13.6. The molecule has 1 aromatic rings. The van der Waals surface area contributed by atoms with Crippen LogP contribution in [-0.2, 0) is 0 Å². The Morgan fingerprint density at radius 1 is 1.10 bits per heavy atom. The monoisotopic (exact) mass is 287 g/mol. The summed E-state index contributed by atoms with van der Waals surface area (Å²) in [6.45, 7) is 10.0. The van der Waals surface area contributed by atoms with E-state index in [2.05, 4.69) is 53.2 Å². The fraction of sp³-hybridized carbons (Fsp3) is 0.667. The third-order valence-corrected chi connectivity index (χ3v) is 5.28. The van der Waals surface area contributed by atoms with Crippen LogP contribution in [0.1, 0.15) is 39.5 Å². The van der Waals surface area contributed by atoms with Gasteiger partial charge in [-0.05, 0) is 51.0 Å². The average molecular weight is 287 g/mol. The maximum absolute atomic E-state index is 3.79. The Hall–Kier alpha value is -1.22. The lowest BCUT2D eigenvalue weighted by Gasteiger charge is -2.42. The summed E-state index contributed by atoms with van der Waals surface area (Å²) in [4.78, 5) is 4.98. The molecule has 1 saturated heterocycles. The van der Waals surface area contributed by atoms with E-state index in [4.69, 9.17) is 0 Å². The minimum Gasteiger partial charge on any atom is -0.372 e. The van der Waals surface area contributed by atoms with Gasteiger partial charge in [-0.2, -0.15) is 0 Å². The van der Waals surface area contributed by atoms with E-state index in [1.54, 1.807) is 0 Å². The lowest BCUT2D eigenvalue weighted by Crippen LogP contribution is -2.59. The van der Waals surface area contributed by atoms with Crippen LogP contribution in [0.4, 0.5) is 11.4 Å². The molecule has 0 radical (unpaired) electrons. The molecule has 2 fully saturated rings. The molecule has 0 unspecified atom stereocenters. The molecule has 116 valence electrons. The van der Waals surface area contributed by atoms with Crippen LogP contribution in [0, 0.1) is 0 Å². The molecule has 1 heterocycles. The van der Waals surface area contributed by atoms with Gasteiger partial charge >= 0.3 is 0 Å². The lowest BCUT2D eigenvalue weighted by atomic mass is 9.94. The number of nitrogens with one attached hydrogen (secondary N) is 1. The largest absolute Gasteiger partial charge is 0.372 e. The summed E-state index contributed by atoms with van der Waals surface area (Å²) in [7, 11) is 0. The Balaban J connectivity index is 1.71. The van der Waals surface area contributed by atoms with Crippen LogP contribution >= 0.6 is 0 Å². The van der Waals surface area contributed by atoms with Crippen LogP contribution in [0.25, 0.3) is 0 Å². The van der Waals surface area contributed by atoms with Crippen molar-refractivity contribution in [3.8, 4) is 0 Å². The van der Waals surface area contributed by atoms with Gasteiger partial charge in [0.1, 0.15) is 0 Å². The van der Waals surface area contributed by atoms with E-state index in [0.717, 1.165) is 26.2 Å². The van der Waals surface area contributed by atoms with Crippen molar-refractivity contribution in [2.24, 2.45) is 0 Å². The van der Waals surface area contributed by atoms with E-state index in [-0.39, 0.29) is 0 Å². The van der Waals surface area contributed by atoms with E-state index in [9.17, 15) is 0 Å². The molecule has 1 aliphatic heterocycles. The van der Waals surface area contributed by atoms with Gasteiger partial charge < -0.3 is 15.1 Å². The van der Waals surface area contributed by atoms with Crippen molar-refractivity contribution in [3.05, 3.63) is 24.3 Å². The second kappa shape index (κ2) is 6.27. The number of hydrogen-bond donors (Lipinski definition) is 1. The van der Waals surface area contributed by atoms with Crippen molar-refractivity contribution >= 4 is 11.4 Å². The van der Waals surface area contributed by atoms with Crippen LogP contribution in [0.3, 0.4) is 0 Å². The van der Waals surface area contributed by atoms with Crippen molar-refractivity contribution in [3.63, 3.8) is 0 Å². The third kappa shape index (κ3) is 3.03. The highest BCUT2D eigenvalue weighted by Gasteiger charge is 2.37. The Kier molecular flexibility index (Phi) is 4.39. The van der Waals surface area contributed by atoms with Gasteiger partial charge in [0.2, 0.25) is 0 Å². The van der Waals surface area contributed by atoms with Gasteiger partial charge in [-0.25, -0.2) is 0 Å². The summed E-state index contributed by atoms with van der Waals surface area (Å²) >= 11 is 0. The number of benzene rings is 1. The van der Waals surface area contributed by atoms with Crippen molar-refractivity contribution in [2.45, 2.75) is 45.1 Å². The quantitative estimate of drug-likeness (QED) is 0.917. The van der Waals surface area contributed by atoms with Crippen molar-refractivity contribution < 1.29 is 0 Å². The van der Waals surface area contributed by atoms with Crippen LogP contribution in [0.2, 0.25) is 0 Å². The topological polar surface area (TPSA) is 18.5 Å². The van der Waals surface area contributed by atoms with Crippen molar-refractivity contribution in [1.82, 2.24) is 5.32 Å². The predicted molar refractivity (Wildman–Crippen MR) is 91.4 cm³/mol. The van der Waals surface area contributed by atoms with Crippen LogP contribution in [0.15, 0.2) is 24.3 Å². The number of nitrogens with zero attached hydrogens (tertiary/aromatic N) is 2. The number of hydrogen-bond acceptors (Lipinski definition) is 3. The summed E-state index contributed by atoms with van der Waals surface area (Å²) < 4.78 is 0. The van der Waals surface area contributed by atoms with E-state index in [0.29, 0.717) is 5.54 Å². The first-order chi connectivity index (χ1) is 10.3. The minimum atomic E-state index is 0.399. The smallest absolute Gasteiger partial charge is 0.0368 e. The molecule has 1 N–H and O–H groups in total. The Morgan fingerprint density at radius 2 is 1.76 bits per heavy atom. The zero-order chi connectivity index (χ0) is 14.7. The molecule has 3 rings (SSSR count). The van der Waals surface area contributed by atoms with Crippen LogP contribution in [0.5, 0.6) is 0 Å². The minimum absolute atomic E-state index is 0.399. The Bertz CT molecular complexity index is 444. The molecule has 0 bridgehead atoms. The highest BCUT2D eigenvalue weighted by molar-refractivity contribution is 5.57. The highest BCUT2D eigenvalue weighted by atomic mass is 15.2. The van der Waals surface area contributed by atoms with Gasteiger partial charge in [0, 0.05) is 49.6 Å². The summed E-state index contributed by atoms with van der Waals surface area (Å²) in [6.07, 6.45) is 5.48. The van der Waals surface area contributed by atoms with E-state index < -0.39 is 0 Å². The Morgan fingerprint density at radius 3 is 2.38 bits per heavy atom. The summed E-state index contributed by atoms with van der Waals surface area (Å²) in [5.41, 5.74) is 3.13. The number of rotatable bonds is 4. The Labute approximate surface area is 129 Å². The van der Waals surface area contributed by atoms with Crippen LogP contribution < -0.4 is 15.1 Å². The number of anilines is 2. The van der Waals surface area contributed by atoms with Gasteiger partial charge in [-0.15, -0.1) is 0 Å². The second-order valence-corrected chi connectivity index (χ2v) is 6.52. The molecule has 1 aromatic carbocycles. The number of piperazine rings is 1. The second-order valence-electron chi connectivity index (χ2n) is 6.52. The first kappa shape index (κ1) is 14.7. The van der Waals surface area contributed by atoms with Crippen molar-refractivity contribution in [1.29, 1.82) is 0 Å². The summed E-state index contributed by atoms with van der Waals surface area (Å²) in [6, 6.07) is 9.18.